The number of rotatable bonds is 6. The molecule has 1 aliphatic rings. The summed E-state index contributed by atoms with van der Waals surface area (Å²) in [5.41, 5.74) is 1.80. The third-order valence-electron chi connectivity index (χ3n) is 6.01. The van der Waals surface area contributed by atoms with Gasteiger partial charge in [-0.15, -0.1) is 0 Å². The van der Waals surface area contributed by atoms with Crippen LogP contribution in [0.2, 0.25) is 0 Å². The lowest BCUT2D eigenvalue weighted by atomic mass is 9.81. The number of methoxy groups -OCH3 is 2. The Balaban J connectivity index is 1.66. The van der Waals surface area contributed by atoms with Crippen LogP contribution in [0.3, 0.4) is 0 Å². The van der Waals surface area contributed by atoms with Gasteiger partial charge in [-0.05, 0) is 72.8 Å². The van der Waals surface area contributed by atoms with E-state index in [1.807, 2.05) is 0 Å². The molecule has 36 heavy (non-hydrogen) atoms. The van der Waals surface area contributed by atoms with Gasteiger partial charge in [0.15, 0.2) is 0 Å². The maximum Gasteiger partial charge on any atom is 0.200 e. The highest BCUT2D eigenvalue weighted by molar-refractivity contribution is 6.33. The Morgan fingerprint density at radius 2 is 0.889 bits per heavy atom. The van der Waals surface area contributed by atoms with Crippen molar-refractivity contribution in [2.24, 2.45) is 0 Å². The summed E-state index contributed by atoms with van der Waals surface area (Å²) >= 11 is 0. The Morgan fingerprint density at radius 3 is 1.22 bits per heavy atom. The Bertz CT molecular complexity index is 1380. The number of anilines is 4. The highest BCUT2D eigenvalue weighted by atomic mass is 16.5. The molecule has 0 saturated heterocycles. The van der Waals surface area contributed by atoms with E-state index in [2.05, 4.69) is 10.6 Å². The van der Waals surface area contributed by atoms with Gasteiger partial charge in [0.1, 0.15) is 23.0 Å². The number of phenolic OH excluding ortho intramolecular Hbond substituents is 2. The predicted octanol–water partition coefficient (Wildman–Crippen LogP) is 5.38. The van der Waals surface area contributed by atoms with Crippen molar-refractivity contribution in [1.29, 1.82) is 0 Å². The number of fused-ring (bicyclic) bond motifs is 2. The van der Waals surface area contributed by atoms with Crippen LogP contribution in [0.15, 0.2) is 72.8 Å². The van der Waals surface area contributed by atoms with Crippen LogP contribution < -0.4 is 20.1 Å². The zero-order valence-electron chi connectivity index (χ0n) is 19.5. The monoisotopic (exact) mass is 482 g/mol. The summed E-state index contributed by atoms with van der Waals surface area (Å²) in [4.78, 5) is 27.4. The van der Waals surface area contributed by atoms with E-state index in [1.165, 1.54) is 12.1 Å². The van der Waals surface area contributed by atoms with Crippen molar-refractivity contribution in [3.8, 4) is 23.0 Å². The van der Waals surface area contributed by atoms with Crippen molar-refractivity contribution in [2.45, 2.75) is 0 Å². The maximum atomic E-state index is 13.7. The smallest absolute Gasteiger partial charge is 0.200 e. The van der Waals surface area contributed by atoms with Gasteiger partial charge in [-0.25, -0.2) is 0 Å². The zero-order valence-corrected chi connectivity index (χ0v) is 19.5. The fourth-order valence-corrected chi connectivity index (χ4v) is 4.23. The summed E-state index contributed by atoms with van der Waals surface area (Å²) in [7, 11) is 3.13. The minimum absolute atomic E-state index is 0.0859. The average Bonchev–Trinajstić information content (AvgIpc) is 2.90. The molecule has 0 unspecified atom stereocenters. The van der Waals surface area contributed by atoms with Crippen molar-refractivity contribution in [3.05, 3.63) is 95.1 Å². The van der Waals surface area contributed by atoms with E-state index in [0.29, 0.717) is 34.2 Å². The lowest BCUT2D eigenvalue weighted by molar-refractivity contribution is 0.0975. The fourth-order valence-electron chi connectivity index (χ4n) is 4.23. The number of ketones is 2. The minimum Gasteiger partial charge on any atom is -0.507 e. The molecule has 0 fully saturated rings. The van der Waals surface area contributed by atoms with E-state index in [-0.39, 0.29) is 33.8 Å². The van der Waals surface area contributed by atoms with E-state index >= 15 is 0 Å². The molecule has 0 spiro atoms. The largest absolute Gasteiger partial charge is 0.507 e. The number of aromatic hydroxyl groups is 2. The van der Waals surface area contributed by atoms with Gasteiger partial charge in [-0.2, -0.15) is 0 Å². The van der Waals surface area contributed by atoms with Gasteiger partial charge >= 0.3 is 0 Å². The quantitative estimate of drug-likeness (QED) is 0.239. The lowest BCUT2D eigenvalue weighted by Crippen LogP contribution is -2.24. The molecular weight excluding hydrogens is 460 g/mol. The molecule has 1 aliphatic carbocycles. The maximum absolute atomic E-state index is 13.7. The molecule has 0 saturated carbocycles. The molecule has 0 aromatic heterocycles. The van der Waals surface area contributed by atoms with Crippen LogP contribution in [-0.4, -0.2) is 36.0 Å². The second-order valence-electron chi connectivity index (χ2n) is 8.13. The Kier molecular flexibility index (Phi) is 5.69. The zero-order chi connectivity index (χ0) is 25.4. The fraction of sp³-hybridized carbons (Fsp3) is 0.0714. The Morgan fingerprint density at radius 1 is 0.528 bits per heavy atom. The van der Waals surface area contributed by atoms with Gasteiger partial charge in [0.05, 0.1) is 47.8 Å². The molecule has 0 radical (unpaired) electrons. The molecule has 0 atom stereocenters. The topological polar surface area (TPSA) is 117 Å². The van der Waals surface area contributed by atoms with E-state index in [0.717, 1.165) is 0 Å². The first-order valence-electron chi connectivity index (χ1n) is 11.0. The molecular formula is C28H22N2O6. The Labute approximate surface area is 206 Å². The van der Waals surface area contributed by atoms with Crippen LogP contribution in [0.1, 0.15) is 31.8 Å². The summed E-state index contributed by atoms with van der Waals surface area (Å²) < 4.78 is 10.4. The Hall–Kier alpha value is -4.98. The molecule has 4 N–H and O–H groups in total. The van der Waals surface area contributed by atoms with Crippen LogP contribution in [0.5, 0.6) is 23.0 Å². The number of phenols is 2. The standard InChI is InChI=1S/C28H22N2O6/c1-35-17-7-3-15(4-8-17)29-19-11-12-20(30-16-5-9-18(36-2)10-6-16)24-23(19)27(33)25-21(31)13-14-22(32)26(25)28(24)34/h3-14,29-32H,1-2H3. The van der Waals surface area contributed by atoms with Gasteiger partial charge in [0.25, 0.3) is 0 Å². The molecule has 8 nitrogen and oxygen atoms in total. The lowest BCUT2D eigenvalue weighted by Gasteiger charge is -2.25. The number of carbonyl (C=O) groups is 2. The normalized spacial score (nSPS) is 11.9. The average molecular weight is 482 g/mol. The van der Waals surface area contributed by atoms with Crippen LogP contribution in [0.4, 0.5) is 22.7 Å². The molecule has 0 heterocycles. The van der Waals surface area contributed by atoms with E-state index in [4.69, 9.17) is 9.47 Å². The van der Waals surface area contributed by atoms with Gasteiger partial charge in [0.2, 0.25) is 11.6 Å². The van der Waals surface area contributed by atoms with Crippen molar-refractivity contribution in [1.82, 2.24) is 0 Å². The molecule has 0 aliphatic heterocycles. The van der Waals surface area contributed by atoms with Crippen molar-refractivity contribution < 1.29 is 29.3 Å². The first-order chi connectivity index (χ1) is 17.4. The van der Waals surface area contributed by atoms with Gasteiger partial charge in [-0.1, -0.05) is 0 Å². The summed E-state index contributed by atoms with van der Waals surface area (Å²) in [5, 5.41) is 27.3. The van der Waals surface area contributed by atoms with Gasteiger partial charge < -0.3 is 30.3 Å². The van der Waals surface area contributed by atoms with Crippen molar-refractivity contribution in [2.75, 3.05) is 24.9 Å². The summed E-state index contributed by atoms with van der Waals surface area (Å²) in [6.45, 7) is 0. The second-order valence-corrected chi connectivity index (χ2v) is 8.13. The van der Waals surface area contributed by atoms with Gasteiger partial charge in [0, 0.05) is 11.4 Å². The van der Waals surface area contributed by atoms with Crippen molar-refractivity contribution in [3.63, 3.8) is 0 Å². The molecule has 180 valence electrons. The summed E-state index contributed by atoms with van der Waals surface area (Å²) in [5.74, 6) is -0.583. The third-order valence-corrected chi connectivity index (χ3v) is 6.01. The van der Waals surface area contributed by atoms with Crippen LogP contribution >= 0.6 is 0 Å². The summed E-state index contributed by atoms with van der Waals surface area (Å²) in [6.07, 6.45) is 0. The highest BCUT2D eigenvalue weighted by Gasteiger charge is 2.38. The minimum atomic E-state index is -0.581. The van der Waals surface area contributed by atoms with Crippen molar-refractivity contribution >= 4 is 34.3 Å². The SMILES string of the molecule is COc1ccc(Nc2ccc(Nc3ccc(OC)cc3)c3c2C(=O)c2c(O)ccc(O)c2C3=O)cc1. The van der Waals surface area contributed by atoms with Crippen LogP contribution in [0.25, 0.3) is 0 Å². The summed E-state index contributed by atoms with van der Waals surface area (Å²) in [6, 6.07) is 19.9. The highest BCUT2D eigenvalue weighted by Crippen LogP contribution is 2.43. The third kappa shape index (κ3) is 3.84. The predicted molar refractivity (Wildman–Crippen MR) is 136 cm³/mol. The molecule has 4 aromatic carbocycles. The van der Waals surface area contributed by atoms with Crippen LogP contribution in [-0.2, 0) is 0 Å². The van der Waals surface area contributed by atoms with E-state index in [1.54, 1.807) is 74.9 Å². The number of nitrogens with one attached hydrogen (secondary N) is 2. The molecule has 0 bridgehead atoms. The number of ether oxygens (including phenoxy) is 2. The molecule has 5 rings (SSSR count). The first kappa shape index (κ1) is 22.8. The second kappa shape index (κ2) is 8.99. The first-order valence-corrected chi connectivity index (χ1v) is 11.0. The molecule has 8 heteroatoms. The molecule has 4 aromatic rings. The van der Waals surface area contributed by atoms with E-state index < -0.39 is 11.6 Å². The number of hydrogen-bond donors (Lipinski definition) is 4. The number of benzene rings is 4. The van der Waals surface area contributed by atoms with Gasteiger partial charge in [-0.3, -0.25) is 9.59 Å². The van der Waals surface area contributed by atoms with E-state index in [9.17, 15) is 19.8 Å². The molecule has 0 amide bonds. The number of hydrogen-bond acceptors (Lipinski definition) is 8. The van der Waals surface area contributed by atoms with Crippen LogP contribution in [0, 0.1) is 0 Å². The number of carbonyl (C=O) groups excluding carboxylic acids is 2.